The number of oxazole rings is 1. The van der Waals surface area contributed by atoms with Crippen LogP contribution < -0.4 is 0 Å². The minimum atomic E-state index is -1.10. The highest BCUT2D eigenvalue weighted by Crippen LogP contribution is 2.18. The lowest BCUT2D eigenvalue weighted by atomic mass is 10.1. The summed E-state index contributed by atoms with van der Waals surface area (Å²) in [4.78, 5) is 17.1. The van der Waals surface area contributed by atoms with Gasteiger partial charge in [-0.3, -0.25) is 4.90 Å². The molecule has 0 fully saturated rings. The number of hydrogen-bond acceptors (Lipinski definition) is 5. The minimum absolute atomic E-state index is 0.0838. The number of furan rings is 1. The summed E-state index contributed by atoms with van der Waals surface area (Å²) < 4.78 is 10.7. The molecule has 0 amide bonds. The number of carboxylic acid groups (broad SMARTS) is 1. The molecule has 0 spiro atoms. The summed E-state index contributed by atoms with van der Waals surface area (Å²) in [6, 6.07) is 10.1. The van der Waals surface area contributed by atoms with Crippen LogP contribution in [0.4, 0.5) is 0 Å². The second-order valence-corrected chi connectivity index (χ2v) is 6.09. The Morgan fingerprint density at radius 3 is 2.64 bits per heavy atom. The molecule has 1 aromatic carbocycles. The number of nitrogens with zero attached hydrogens (tertiary/aromatic N) is 2. The zero-order chi connectivity index (χ0) is 17.8. The average molecular weight is 340 g/mol. The van der Waals surface area contributed by atoms with Crippen LogP contribution >= 0.6 is 0 Å². The first-order valence-electron chi connectivity index (χ1n) is 8.00. The van der Waals surface area contributed by atoms with Crippen molar-refractivity contribution in [2.75, 3.05) is 0 Å². The van der Waals surface area contributed by atoms with Crippen LogP contribution in [0.2, 0.25) is 0 Å². The number of rotatable bonds is 7. The monoisotopic (exact) mass is 340 g/mol. The van der Waals surface area contributed by atoms with Crippen molar-refractivity contribution in [3.8, 4) is 0 Å². The van der Waals surface area contributed by atoms with Crippen molar-refractivity contribution in [2.24, 2.45) is 0 Å². The van der Waals surface area contributed by atoms with Gasteiger partial charge in [-0.1, -0.05) is 23.8 Å². The molecule has 0 unspecified atom stereocenters. The predicted molar refractivity (Wildman–Crippen MR) is 91.0 cm³/mol. The van der Waals surface area contributed by atoms with E-state index >= 15 is 0 Å². The van der Waals surface area contributed by atoms with E-state index in [9.17, 15) is 4.79 Å². The third-order valence-electron chi connectivity index (χ3n) is 3.98. The van der Waals surface area contributed by atoms with E-state index in [4.69, 9.17) is 13.9 Å². The van der Waals surface area contributed by atoms with Crippen molar-refractivity contribution in [3.63, 3.8) is 0 Å². The minimum Gasteiger partial charge on any atom is -0.476 e. The van der Waals surface area contributed by atoms with E-state index in [2.05, 4.69) is 41.9 Å². The predicted octanol–water partition coefficient (Wildman–Crippen LogP) is 3.79. The molecule has 0 radical (unpaired) electrons. The molecule has 2 heterocycles. The maximum Gasteiger partial charge on any atom is 0.357 e. The second kappa shape index (κ2) is 7.36. The van der Waals surface area contributed by atoms with Gasteiger partial charge in [0, 0.05) is 6.54 Å². The van der Waals surface area contributed by atoms with E-state index in [1.807, 2.05) is 12.1 Å². The molecule has 2 aromatic heterocycles. The lowest BCUT2D eigenvalue weighted by molar-refractivity contribution is 0.0690. The van der Waals surface area contributed by atoms with Gasteiger partial charge >= 0.3 is 5.97 Å². The summed E-state index contributed by atoms with van der Waals surface area (Å²) >= 11 is 0. The first-order chi connectivity index (χ1) is 12.0. The molecule has 3 rings (SSSR count). The summed E-state index contributed by atoms with van der Waals surface area (Å²) in [5, 5.41) is 8.99. The summed E-state index contributed by atoms with van der Waals surface area (Å²) in [7, 11) is 0. The summed E-state index contributed by atoms with van der Waals surface area (Å²) in [5.74, 6) is 0.102. The van der Waals surface area contributed by atoms with Gasteiger partial charge in [0.1, 0.15) is 12.0 Å². The maximum absolute atomic E-state index is 11.0. The fraction of sp³-hybridized carbons (Fsp3) is 0.263. The van der Waals surface area contributed by atoms with Gasteiger partial charge in [-0.15, -0.1) is 0 Å². The summed E-state index contributed by atoms with van der Waals surface area (Å²) in [6.07, 6.45) is 2.80. The summed E-state index contributed by atoms with van der Waals surface area (Å²) in [5.41, 5.74) is 3.54. The topological polar surface area (TPSA) is 79.7 Å². The Balaban J connectivity index is 1.79. The van der Waals surface area contributed by atoms with Gasteiger partial charge in [0.05, 0.1) is 19.4 Å². The van der Waals surface area contributed by atoms with Gasteiger partial charge in [-0.05, 0) is 37.1 Å². The number of carboxylic acids is 1. The molecule has 3 aromatic rings. The second-order valence-electron chi connectivity index (χ2n) is 6.09. The maximum atomic E-state index is 11.0. The first-order valence-corrected chi connectivity index (χ1v) is 8.00. The van der Waals surface area contributed by atoms with Gasteiger partial charge in [0.25, 0.3) is 0 Å². The molecule has 130 valence electrons. The Hall–Kier alpha value is -2.86. The van der Waals surface area contributed by atoms with Gasteiger partial charge < -0.3 is 13.9 Å². The molecular weight excluding hydrogens is 320 g/mol. The van der Waals surface area contributed by atoms with Crippen LogP contribution in [0.1, 0.15) is 38.8 Å². The van der Waals surface area contributed by atoms with Crippen LogP contribution in [0.5, 0.6) is 0 Å². The highest BCUT2D eigenvalue weighted by molar-refractivity contribution is 5.84. The van der Waals surface area contributed by atoms with E-state index in [-0.39, 0.29) is 5.69 Å². The van der Waals surface area contributed by atoms with Gasteiger partial charge in [-0.2, -0.15) is 0 Å². The number of aryl methyl sites for hydroxylation is 2. The van der Waals surface area contributed by atoms with Crippen LogP contribution in [0.3, 0.4) is 0 Å². The Labute approximate surface area is 145 Å². The van der Waals surface area contributed by atoms with Crippen LogP contribution in [-0.4, -0.2) is 21.0 Å². The third-order valence-corrected chi connectivity index (χ3v) is 3.98. The van der Waals surface area contributed by atoms with Crippen molar-refractivity contribution in [3.05, 3.63) is 76.9 Å². The number of benzene rings is 1. The Kier molecular flexibility index (Phi) is 5.00. The van der Waals surface area contributed by atoms with Crippen molar-refractivity contribution in [2.45, 2.75) is 33.5 Å². The number of aromatic carboxylic acids is 1. The molecule has 0 aliphatic rings. The van der Waals surface area contributed by atoms with Crippen LogP contribution in [-0.2, 0) is 19.6 Å². The zero-order valence-corrected chi connectivity index (χ0v) is 14.2. The summed E-state index contributed by atoms with van der Waals surface area (Å²) in [6.45, 7) is 5.79. The number of aromatic nitrogens is 1. The molecular formula is C19H20N2O4. The van der Waals surface area contributed by atoms with Crippen LogP contribution in [0.25, 0.3) is 0 Å². The van der Waals surface area contributed by atoms with Crippen molar-refractivity contribution >= 4 is 5.97 Å². The molecule has 6 nitrogen and oxygen atoms in total. The fourth-order valence-corrected chi connectivity index (χ4v) is 2.73. The smallest absolute Gasteiger partial charge is 0.357 e. The van der Waals surface area contributed by atoms with Crippen molar-refractivity contribution in [1.82, 2.24) is 9.88 Å². The average Bonchev–Trinajstić information content (AvgIpc) is 3.22. The number of carbonyl (C=O) groups is 1. The van der Waals surface area contributed by atoms with Crippen LogP contribution in [0, 0.1) is 13.8 Å². The lowest BCUT2D eigenvalue weighted by Gasteiger charge is -2.21. The van der Waals surface area contributed by atoms with E-state index in [1.165, 1.54) is 23.0 Å². The Morgan fingerprint density at radius 1 is 1.16 bits per heavy atom. The third kappa shape index (κ3) is 4.36. The lowest BCUT2D eigenvalue weighted by Crippen LogP contribution is -2.23. The van der Waals surface area contributed by atoms with Gasteiger partial charge in [-0.25, -0.2) is 9.78 Å². The molecule has 0 aliphatic heterocycles. The van der Waals surface area contributed by atoms with Gasteiger partial charge in [0.2, 0.25) is 5.89 Å². The highest BCUT2D eigenvalue weighted by atomic mass is 16.4. The molecule has 0 atom stereocenters. The highest BCUT2D eigenvalue weighted by Gasteiger charge is 2.16. The van der Waals surface area contributed by atoms with Crippen molar-refractivity contribution < 1.29 is 18.7 Å². The zero-order valence-electron chi connectivity index (χ0n) is 14.2. The molecule has 0 saturated heterocycles. The molecule has 0 saturated carbocycles. The molecule has 0 bridgehead atoms. The van der Waals surface area contributed by atoms with Crippen LogP contribution in [0.15, 0.2) is 51.7 Å². The standard InChI is InChI=1S/C19H20N2O4/c1-13-5-6-15(14(2)8-13)9-21(10-16-4-3-7-24-16)11-18-20-17(12-25-18)19(22)23/h3-8,12H,9-11H2,1-2H3,(H,22,23). The molecule has 6 heteroatoms. The number of hydrogen-bond donors (Lipinski definition) is 1. The largest absolute Gasteiger partial charge is 0.476 e. The first kappa shape index (κ1) is 17.0. The van der Waals surface area contributed by atoms with E-state index < -0.39 is 5.97 Å². The SMILES string of the molecule is Cc1ccc(CN(Cc2ccco2)Cc2nc(C(=O)O)co2)c(C)c1. The molecule has 25 heavy (non-hydrogen) atoms. The fourth-order valence-electron chi connectivity index (χ4n) is 2.73. The quantitative estimate of drug-likeness (QED) is 0.705. The van der Waals surface area contributed by atoms with Gasteiger partial charge in [0.15, 0.2) is 5.69 Å². The van der Waals surface area contributed by atoms with E-state index in [0.29, 0.717) is 25.5 Å². The normalized spacial score (nSPS) is 11.2. The molecule has 0 aliphatic carbocycles. The van der Waals surface area contributed by atoms with Crippen molar-refractivity contribution in [1.29, 1.82) is 0 Å². The Bertz CT molecular complexity index is 852. The molecule has 1 N–H and O–H groups in total. The Morgan fingerprint density at radius 2 is 2.00 bits per heavy atom. The van der Waals surface area contributed by atoms with E-state index in [0.717, 1.165) is 5.76 Å². The van der Waals surface area contributed by atoms with E-state index in [1.54, 1.807) is 6.26 Å².